The second-order valence-corrected chi connectivity index (χ2v) is 7.56. The molecule has 0 spiro atoms. The van der Waals surface area contributed by atoms with E-state index >= 15 is 0 Å². The fourth-order valence-electron chi connectivity index (χ4n) is 2.84. The fourth-order valence-corrected chi connectivity index (χ4v) is 3.57. The number of pyridine rings is 2. The Labute approximate surface area is 169 Å². The van der Waals surface area contributed by atoms with E-state index in [2.05, 4.69) is 61.1 Å². The standard InChI is InChI=1S/C22H14Br2N2/c23-16-10-8-15(9-11-16)17-12-13-21(20-7-3-4-14-25-20)26-22(17)18-5-1-2-6-19(18)24/h1-14H. The summed E-state index contributed by atoms with van der Waals surface area (Å²) in [6, 6.07) is 26.5. The third-order valence-corrected chi connectivity index (χ3v) is 5.33. The van der Waals surface area contributed by atoms with Crippen LogP contribution in [-0.2, 0) is 0 Å². The van der Waals surface area contributed by atoms with Gasteiger partial charge < -0.3 is 0 Å². The van der Waals surface area contributed by atoms with Crippen molar-refractivity contribution in [1.29, 1.82) is 0 Å². The van der Waals surface area contributed by atoms with Crippen molar-refractivity contribution in [3.63, 3.8) is 0 Å². The van der Waals surface area contributed by atoms with Gasteiger partial charge in [-0.2, -0.15) is 0 Å². The van der Waals surface area contributed by atoms with Crippen LogP contribution in [0.4, 0.5) is 0 Å². The highest BCUT2D eigenvalue weighted by Gasteiger charge is 2.14. The molecule has 2 nitrogen and oxygen atoms in total. The number of aromatic nitrogens is 2. The van der Waals surface area contributed by atoms with Crippen LogP contribution in [0.2, 0.25) is 0 Å². The number of benzene rings is 2. The number of nitrogens with zero attached hydrogens (tertiary/aromatic N) is 2. The van der Waals surface area contributed by atoms with Gasteiger partial charge in [0.2, 0.25) is 0 Å². The van der Waals surface area contributed by atoms with E-state index in [-0.39, 0.29) is 0 Å². The molecule has 26 heavy (non-hydrogen) atoms. The molecule has 0 bridgehead atoms. The fraction of sp³-hybridized carbons (Fsp3) is 0. The van der Waals surface area contributed by atoms with Crippen molar-refractivity contribution < 1.29 is 0 Å². The van der Waals surface area contributed by atoms with Gasteiger partial charge in [-0.1, -0.05) is 68.3 Å². The first-order valence-corrected chi connectivity index (χ1v) is 9.74. The predicted molar refractivity (Wildman–Crippen MR) is 114 cm³/mol. The molecule has 0 fully saturated rings. The van der Waals surface area contributed by atoms with Crippen molar-refractivity contribution in [3.05, 3.63) is 94.0 Å². The maximum Gasteiger partial charge on any atom is 0.0894 e. The lowest BCUT2D eigenvalue weighted by Crippen LogP contribution is -1.94. The zero-order valence-electron chi connectivity index (χ0n) is 13.7. The quantitative estimate of drug-likeness (QED) is 0.325. The summed E-state index contributed by atoms with van der Waals surface area (Å²) in [4.78, 5) is 9.41. The van der Waals surface area contributed by atoms with Gasteiger partial charge in [-0.25, -0.2) is 4.98 Å². The Morgan fingerprint density at radius 2 is 1.38 bits per heavy atom. The molecule has 0 saturated carbocycles. The first kappa shape index (κ1) is 17.1. The molecule has 0 N–H and O–H groups in total. The SMILES string of the molecule is Brc1ccc(-c2ccc(-c3ccccn3)nc2-c2ccccc2Br)cc1. The molecule has 126 valence electrons. The topological polar surface area (TPSA) is 25.8 Å². The minimum Gasteiger partial charge on any atom is -0.255 e. The lowest BCUT2D eigenvalue weighted by Gasteiger charge is -2.13. The van der Waals surface area contributed by atoms with Gasteiger partial charge in [-0.3, -0.25) is 4.98 Å². The normalized spacial score (nSPS) is 10.7. The van der Waals surface area contributed by atoms with Crippen LogP contribution in [0, 0.1) is 0 Å². The Kier molecular flexibility index (Phi) is 4.96. The summed E-state index contributed by atoms with van der Waals surface area (Å²) >= 11 is 7.17. The lowest BCUT2D eigenvalue weighted by molar-refractivity contribution is 1.25. The van der Waals surface area contributed by atoms with E-state index in [1.807, 2.05) is 54.6 Å². The molecule has 0 saturated heterocycles. The highest BCUT2D eigenvalue weighted by molar-refractivity contribution is 9.10. The molecule has 4 rings (SSSR count). The van der Waals surface area contributed by atoms with Crippen LogP contribution in [0.5, 0.6) is 0 Å². The highest BCUT2D eigenvalue weighted by atomic mass is 79.9. The van der Waals surface area contributed by atoms with Crippen LogP contribution in [0.15, 0.2) is 94.0 Å². The molecule has 4 aromatic rings. The molecule has 0 atom stereocenters. The molecule has 0 aliphatic rings. The van der Waals surface area contributed by atoms with Crippen molar-refractivity contribution in [1.82, 2.24) is 9.97 Å². The maximum absolute atomic E-state index is 4.97. The maximum atomic E-state index is 4.97. The Hall–Kier alpha value is -2.30. The second kappa shape index (κ2) is 7.52. The Bertz CT molecular complexity index is 1050. The van der Waals surface area contributed by atoms with E-state index < -0.39 is 0 Å². The average Bonchev–Trinajstić information content (AvgIpc) is 2.69. The molecule has 0 aliphatic heterocycles. The van der Waals surface area contributed by atoms with Crippen molar-refractivity contribution in [2.75, 3.05) is 0 Å². The van der Waals surface area contributed by atoms with Crippen LogP contribution in [0.1, 0.15) is 0 Å². The van der Waals surface area contributed by atoms with Gasteiger partial charge in [0.05, 0.1) is 17.1 Å². The largest absolute Gasteiger partial charge is 0.255 e. The molecular weight excluding hydrogens is 452 g/mol. The molecule has 2 heterocycles. The van der Waals surface area contributed by atoms with Gasteiger partial charge in [0, 0.05) is 26.3 Å². The molecule has 0 unspecified atom stereocenters. The number of hydrogen-bond donors (Lipinski definition) is 0. The smallest absolute Gasteiger partial charge is 0.0894 e. The van der Waals surface area contributed by atoms with Gasteiger partial charge >= 0.3 is 0 Å². The second-order valence-electron chi connectivity index (χ2n) is 5.79. The van der Waals surface area contributed by atoms with E-state index in [1.165, 1.54) is 0 Å². The van der Waals surface area contributed by atoms with E-state index in [0.29, 0.717) is 0 Å². The summed E-state index contributed by atoms with van der Waals surface area (Å²) < 4.78 is 2.07. The molecule has 2 aromatic heterocycles. The van der Waals surface area contributed by atoms with E-state index in [0.717, 1.165) is 42.7 Å². The third kappa shape index (κ3) is 3.48. The Morgan fingerprint density at radius 3 is 2.12 bits per heavy atom. The van der Waals surface area contributed by atoms with Gasteiger partial charge in [-0.05, 0) is 48.0 Å². The summed E-state index contributed by atoms with van der Waals surface area (Å²) in [7, 11) is 0. The molecular formula is C22H14Br2N2. The minimum absolute atomic E-state index is 0.859. The van der Waals surface area contributed by atoms with Gasteiger partial charge in [0.15, 0.2) is 0 Å². The summed E-state index contributed by atoms with van der Waals surface area (Å²) in [5.74, 6) is 0. The number of halogens is 2. The molecule has 0 amide bonds. The molecule has 0 radical (unpaired) electrons. The van der Waals surface area contributed by atoms with Crippen LogP contribution in [0.25, 0.3) is 33.8 Å². The highest BCUT2D eigenvalue weighted by Crippen LogP contribution is 2.36. The summed E-state index contributed by atoms with van der Waals surface area (Å²) in [6.45, 7) is 0. The van der Waals surface area contributed by atoms with Gasteiger partial charge in [0.25, 0.3) is 0 Å². The molecule has 4 heteroatoms. The van der Waals surface area contributed by atoms with Gasteiger partial charge in [0.1, 0.15) is 0 Å². The van der Waals surface area contributed by atoms with Crippen LogP contribution < -0.4 is 0 Å². The van der Waals surface area contributed by atoms with E-state index in [9.17, 15) is 0 Å². The molecule has 2 aromatic carbocycles. The summed E-state index contributed by atoms with van der Waals surface area (Å²) in [5, 5.41) is 0. The monoisotopic (exact) mass is 464 g/mol. The number of hydrogen-bond acceptors (Lipinski definition) is 2. The average molecular weight is 466 g/mol. The van der Waals surface area contributed by atoms with Crippen molar-refractivity contribution >= 4 is 31.9 Å². The minimum atomic E-state index is 0.859. The van der Waals surface area contributed by atoms with Crippen LogP contribution in [0.3, 0.4) is 0 Å². The molecule has 0 aliphatic carbocycles. The summed E-state index contributed by atoms with van der Waals surface area (Å²) in [6.07, 6.45) is 1.79. The van der Waals surface area contributed by atoms with Crippen molar-refractivity contribution in [2.45, 2.75) is 0 Å². The summed E-state index contributed by atoms with van der Waals surface area (Å²) in [5.41, 5.74) is 5.93. The van der Waals surface area contributed by atoms with Crippen molar-refractivity contribution in [3.8, 4) is 33.8 Å². The Morgan fingerprint density at radius 1 is 0.615 bits per heavy atom. The van der Waals surface area contributed by atoms with Crippen LogP contribution in [-0.4, -0.2) is 9.97 Å². The Balaban J connectivity index is 1.94. The van der Waals surface area contributed by atoms with Crippen molar-refractivity contribution in [2.24, 2.45) is 0 Å². The van der Waals surface area contributed by atoms with E-state index in [1.54, 1.807) is 6.20 Å². The number of rotatable bonds is 3. The van der Waals surface area contributed by atoms with E-state index in [4.69, 9.17) is 4.98 Å². The third-order valence-electron chi connectivity index (χ3n) is 4.11. The van der Waals surface area contributed by atoms with Gasteiger partial charge in [-0.15, -0.1) is 0 Å². The predicted octanol–water partition coefficient (Wildman–Crippen LogP) is 7.00. The first-order valence-electron chi connectivity index (χ1n) is 8.16. The lowest BCUT2D eigenvalue weighted by atomic mass is 9.98. The zero-order valence-corrected chi connectivity index (χ0v) is 16.9. The van der Waals surface area contributed by atoms with Crippen LogP contribution >= 0.6 is 31.9 Å². The zero-order chi connectivity index (χ0) is 17.9. The first-order chi connectivity index (χ1) is 12.7.